The molecule has 0 unspecified atom stereocenters. The largest absolute Gasteiger partial charge is 0.453 e. The van der Waals surface area contributed by atoms with Gasteiger partial charge in [0.05, 0.1) is 19.6 Å². The molecule has 2 aromatic rings. The third-order valence-corrected chi connectivity index (χ3v) is 6.82. The van der Waals surface area contributed by atoms with Gasteiger partial charge in [0.1, 0.15) is 6.54 Å². The van der Waals surface area contributed by atoms with Crippen molar-refractivity contribution >= 4 is 5.97 Å². The molecule has 0 amide bonds. The minimum atomic E-state index is -1.81. The number of esters is 1. The van der Waals surface area contributed by atoms with Gasteiger partial charge in [0.2, 0.25) is 5.60 Å². The Labute approximate surface area is 172 Å². The van der Waals surface area contributed by atoms with Crippen LogP contribution in [0.2, 0.25) is 0 Å². The van der Waals surface area contributed by atoms with Gasteiger partial charge in [-0.2, -0.15) is 0 Å². The number of carbonyl (C=O) groups is 1. The lowest BCUT2D eigenvalue weighted by Gasteiger charge is -2.52. The van der Waals surface area contributed by atoms with E-state index in [-0.39, 0.29) is 6.10 Å². The molecule has 5 rings (SSSR count). The molecule has 2 aromatic carbocycles. The minimum Gasteiger partial charge on any atom is -0.453 e. The third kappa shape index (κ3) is 3.82. The fraction of sp³-hybridized carbons (Fsp3) is 0.458. The first kappa shape index (κ1) is 20.1. The highest BCUT2D eigenvalue weighted by Gasteiger charge is 2.50. The summed E-state index contributed by atoms with van der Waals surface area (Å²) in [5.41, 5.74) is 5.00. The predicted molar refractivity (Wildman–Crippen MR) is 112 cm³/mol. The molecule has 0 saturated carbocycles. The monoisotopic (exact) mass is 395 g/mol. The summed E-state index contributed by atoms with van der Waals surface area (Å²) in [6, 6.07) is 18.2. The Bertz CT molecular complexity index is 777. The third-order valence-electron chi connectivity index (χ3n) is 6.82. The maximum Gasteiger partial charge on any atom is 0.348 e. The number of benzene rings is 2. The molecule has 3 aliphatic rings. The molecule has 0 aromatic heterocycles. The smallest absolute Gasteiger partial charge is 0.348 e. The highest BCUT2D eigenvalue weighted by Crippen LogP contribution is 2.38. The molecule has 3 aliphatic heterocycles. The van der Waals surface area contributed by atoms with Crippen LogP contribution in [0.1, 0.15) is 30.4 Å². The van der Waals surface area contributed by atoms with E-state index >= 15 is 0 Å². The van der Waals surface area contributed by atoms with Crippen LogP contribution in [0.25, 0.3) is 0 Å². The second-order valence-electron chi connectivity index (χ2n) is 8.56. The molecule has 3 saturated heterocycles. The first-order valence-electron chi connectivity index (χ1n) is 10.7. The Morgan fingerprint density at radius 3 is 2.10 bits per heavy atom. The van der Waals surface area contributed by atoms with Gasteiger partial charge < -0.3 is 20.1 Å². The van der Waals surface area contributed by atoms with E-state index in [1.165, 1.54) is 0 Å². The van der Waals surface area contributed by atoms with Gasteiger partial charge in [-0.3, -0.25) is 0 Å². The van der Waals surface area contributed by atoms with E-state index in [0.29, 0.717) is 23.6 Å². The molecule has 29 heavy (non-hydrogen) atoms. The van der Waals surface area contributed by atoms with E-state index in [9.17, 15) is 9.90 Å². The highest BCUT2D eigenvalue weighted by atomic mass is 16.6. The topological polar surface area (TPSA) is 72.5 Å². The number of nitrogens with zero attached hydrogens (tertiary/aromatic N) is 1. The molecule has 5 heteroatoms. The van der Waals surface area contributed by atoms with Crippen molar-refractivity contribution in [2.75, 3.05) is 32.7 Å². The Morgan fingerprint density at radius 1 is 1.03 bits per heavy atom. The number of quaternary nitrogens is 1. The van der Waals surface area contributed by atoms with Crippen molar-refractivity contribution in [3.05, 3.63) is 71.8 Å². The molecule has 3 N–H and O–H groups in total. The second kappa shape index (κ2) is 8.27. The van der Waals surface area contributed by atoms with Gasteiger partial charge >= 0.3 is 5.97 Å². The van der Waals surface area contributed by atoms with Crippen LogP contribution in [-0.4, -0.2) is 54.4 Å². The Hall–Kier alpha value is -2.21. The molecule has 0 aliphatic carbocycles. The average Bonchev–Trinajstić information content (AvgIpc) is 2.79. The Morgan fingerprint density at radius 2 is 1.59 bits per heavy atom. The molecule has 3 fully saturated rings. The number of carbonyl (C=O) groups excluding carboxylic acids is 1. The zero-order valence-corrected chi connectivity index (χ0v) is 16.9. The van der Waals surface area contributed by atoms with Gasteiger partial charge in [-0.1, -0.05) is 60.7 Å². The Kier molecular flexibility index (Phi) is 5.72. The standard InChI is InChI=1S/C24H31N2O3/c25-14-7-15-26-16-12-19(13-17-26)22(18-26)29-23(27)24(28,20-8-3-1-4-9-20)21-10-5-2-6-11-21/h1-6,8-11,19,22,28H,7,12-18,25H2/q+1/t19?,22-,26?/m0/s1. The predicted octanol–water partition coefficient (Wildman–Crippen LogP) is 2.42. The van der Waals surface area contributed by atoms with E-state index in [0.717, 1.165) is 49.9 Å². The molecular weight excluding hydrogens is 364 g/mol. The number of hydrogen-bond donors (Lipinski definition) is 2. The number of fused-ring (bicyclic) bond motifs is 3. The fourth-order valence-corrected chi connectivity index (χ4v) is 5.08. The lowest BCUT2D eigenvalue weighted by molar-refractivity contribution is -0.946. The van der Waals surface area contributed by atoms with E-state index in [4.69, 9.17) is 10.5 Å². The number of aliphatic hydroxyl groups is 1. The SMILES string of the molecule is NCCC[N+]12CCC(CC1)[C@@H](OC(=O)C(O)(c1ccccc1)c1ccccc1)C2. The lowest BCUT2D eigenvalue weighted by Crippen LogP contribution is -2.65. The fourth-order valence-electron chi connectivity index (χ4n) is 5.08. The molecule has 1 atom stereocenters. The van der Waals surface area contributed by atoms with Crippen molar-refractivity contribution in [2.24, 2.45) is 11.7 Å². The summed E-state index contributed by atoms with van der Waals surface area (Å²) in [6.07, 6.45) is 2.97. The van der Waals surface area contributed by atoms with E-state index in [1.807, 2.05) is 36.4 Å². The number of nitrogens with two attached hydrogens (primary N) is 1. The van der Waals surface area contributed by atoms with Crippen LogP contribution in [0.5, 0.6) is 0 Å². The maximum atomic E-state index is 13.4. The molecule has 5 nitrogen and oxygen atoms in total. The van der Waals surface area contributed by atoms with Crippen molar-refractivity contribution in [2.45, 2.75) is 31.0 Å². The van der Waals surface area contributed by atoms with Gasteiger partial charge in [0.15, 0.2) is 6.10 Å². The number of hydrogen-bond acceptors (Lipinski definition) is 4. The van der Waals surface area contributed by atoms with Gasteiger partial charge in [0.25, 0.3) is 0 Å². The number of rotatable bonds is 7. The van der Waals surface area contributed by atoms with Crippen molar-refractivity contribution < 1.29 is 19.1 Å². The van der Waals surface area contributed by atoms with Crippen LogP contribution in [0.4, 0.5) is 0 Å². The zero-order valence-electron chi connectivity index (χ0n) is 16.9. The summed E-state index contributed by atoms with van der Waals surface area (Å²) in [7, 11) is 0. The van der Waals surface area contributed by atoms with Crippen LogP contribution in [0.3, 0.4) is 0 Å². The molecule has 0 radical (unpaired) electrons. The second-order valence-corrected chi connectivity index (χ2v) is 8.56. The number of piperidine rings is 3. The maximum absolute atomic E-state index is 13.4. The first-order valence-corrected chi connectivity index (χ1v) is 10.7. The van der Waals surface area contributed by atoms with Crippen molar-refractivity contribution in [3.63, 3.8) is 0 Å². The van der Waals surface area contributed by atoms with Crippen LogP contribution >= 0.6 is 0 Å². The summed E-state index contributed by atoms with van der Waals surface area (Å²) in [5.74, 6) is -0.196. The van der Waals surface area contributed by atoms with Gasteiger partial charge in [-0.25, -0.2) is 4.79 Å². The van der Waals surface area contributed by atoms with Crippen LogP contribution in [0.15, 0.2) is 60.7 Å². The summed E-state index contributed by atoms with van der Waals surface area (Å²) < 4.78 is 7.06. The molecule has 0 spiro atoms. The quantitative estimate of drug-likeness (QED) is 0.558. The van der Waals surface area contributed by atoms with E-state index in [1.54, 1.807) is 24.3 Å². The Balaban J connectivity index is 1.59. The van der Waals surface area contributed by atoms with Gasteiger partial charge in [-0.15, -0.1) is 0 Å². The van der Waals surface area contributed by atoms with Gasteiger partial charge in [-0.05, 0) is 17.7 Å². The normalized spacial score (nSPS) is 26.3. The van der Waals surface area contributed by atoms with Crippen LogP contribution < -0.4 is 5.73 Å². The molecule has 3 heterocycles. The average molecular weight is 396 g/mol. The molecular formula is C24H31N2O3+. The van der Waals surface area contributed by atoms with E-state index < -0.39 is 11.6 Å². The summed E-state index contributed by atoms with van der Waals surface area (Å²) in [4.78, 5) is 13.4. The minimum absolute atomic E-state index is 0.151. The number of ether oxygens (including phenoxy) is 1. The van der Waals surface area contributed by atoms with E-state index in [2.05, 4.69) is 0 Å². The molecule has 2 bridgehead atoms. The van der Waals surface area contributed by atoms with Crippen LogP contribution in [-0.2, 0) is 15.1 Å². The van der Waals surface area contributed by atoms with Crippen molar-refractivity contribution in [1.29, 1.82) is 0 Å². The lowest BCUT2D eigenvalue weighted by atomic mass is 9.82. The zero-order chi connectivity index (χ0) is 20.3. The first-order chi connectivity index (χ1) is 14.1. The summed E-state index contributed by atoms with van der Waals surface area (Å²) in [6.45, 7) is 4.84. The van der Waals surface area contributed by atoms with Gasteiger partial charge in [0, 0.05) is 25.2 Å². The van der Waals surface area contributed by atoms with Crippen LogP contribution in [0, 0.1) is 5.92 Å². The summed E-state index contributed by atoms with van der Waals surface area (Å²) >= 11 is 0. The highest BCUT2D eigenvalue weighted by molar-refractivity contribution is 5.85. The molecule has 154 valence electrons. The summed E-state index contributed by atoms with van der Waals surface area (Å²) in [5, 5.41) is 11.6. The van der Waals surface area contributed by atoms with Crippen molar-refractivity contribution in [3.8, 4) is 0 Å². The van der Waals surface area contributed by atoms with Crippen molar-refractivity contribution in [1.82, 2.24) is 0 Å².